The van der Waals surface area contributed by atoms with E-state index in [0.29, 0.717) is 0 Å². The van der Waals surface area contributed by atoms with Gasteiger partial charge in [0, 0.05) is 0 Å². The van der Waals surface area contributed by atoms with Gasteiger partial charge in [0.25, 0.3) is 0 Å². The topological polar surface area (TPSA) is 12.0 Å². The van der Waals surface area contributed by atoms with E-state index in [1.165, 1.54) is 17.2 Å². The van der Waals surface area contributed by atoms with Crippen LogP contribution in [0.4, 0.5) is 4.39 Å². The first-order chi connectivity index (χ1) is 9.02. The van der Waals surface area contributed by atoms with Gasteiger partial charge in [0.05, 0.1) is 11.1 Å². The van der Waals surface area contributed by atoms with Gasteiger partial charge in [0.2, 0.25) is 0 Å². The summed E-state index contributed by atoms with van der Waals surface area (Å²) >= 11 is 5.73. The number of hydrogen-bond acceptors (Lipinski definition) is 1. The molecule has 0 saturated carbocycles. The zero-order chi connectivity index (χ0) is 14.0. The SMILES string of the molecule is CNC(c1ccc(C)c(C)c1)c1ccc(Cl)c(F)c1. The molecule has 0 aliphatic rings. The van der Waals surface area contributed by atoms with E-state index in [0.717, 1.165) is 11.1 Å². The number of rotatable bonds is 3. The highest BCUT2D eigenvalue weighted by atomic mass is 35.5. The second-order valence-corrected chi connectivity index (χ2v) is 5.15. The lowest BCUT2D eigenvalue weighted by Crippen LogP contribution is -2.18. The fourth-order valence-electron chi connectivity index (χ4n) is 2.16. The molecule has 19 heavy (non-hydrogen) atoms. The minimum absolute atomic E-state index is 0.0360. The molecule has 0 bridgehead atoms. The van der Waals surface area contributed by atoms with E-state index in [4.69, 9.17) is 11.6 Å². The summed E-state index contributed by atoms with van der Waals surface area (Å²) in [5, 5.41) is 3.37. The highest BCUT2D eigenvalue weighted by molar-refractivity contribution is 6.30. The number of aryl methyl sites for hydroxylation is 2. The van der Waals surface area contributed by atoms with Crippen molar-refractivity contribution in [3.05, 3.63) is 69.5 Å². The standard InChI is InChI=1S/C16H17ClFN/c1-10-4-5-12(8-11(10)2)16(19-3)13-6-7-14(17)15(18)9-13/h4-9,16,19H,1-3H3. The Labute approximate surface area is 118 Å². The van der Waals surface area contributed by atoms with Crippen molar-refractivity contribution >= 4 is 11.6 Å². The number of nitrogens with one attached hydrogen (secondary N) is 1. The average molecular weight is 278 g/mol. The van der Waals surface area contributed by atoms with Crippen LogP contribution in [0.2, 0.25) is 5.02 Å². The Morgan fingerprint density at radius 2 is 1.63 bits per heavy atom. The lowest BCUT2D eigenvalue weighted by molar-refractivity contribution is 0.617. The van der Waals surface area contributed by atoms with Crippen LogP contribution in [0.3, 0.4) is 0 Å². The monoisotopic (exact) mass is 277 g/mol. The number of hydrogen-bond donors (Lipinski definition) is 1. The van der Waals surface area contributed by atoms with Crippen molar-refractivity contribution in [2.75, 3.05) is 7.05 Å². The van der Waals surface area contributed by atoms with Crippen LogP contribution in [0.5, 0.6) is 0 Å². The normalized spacial score (nSPS) is 12.5. The van der Waals surface area contributed by atoms with Crippen molar-refractivity contribution in [2.45, 2.75) is 19.9 Å². The molecule has 0 amide bonds. The first-order valence-corrected chi connectivity index (χ1v) is 6.60. The zero-order valence-electron chi connectivity index (χ0n) is 11.3. The molecule has 0 radical (unpaired) electrons. The van der Waals surface area contributed by atoms with Crippen molar-refractivity contribution in [1.29, 1.82) is 0 Å². The van der Waals surface area contributed by atoms with Crippen LogP contribution in [0.1, 0.15) is 28.3 Å². The van der Waals surface area contributed by atoms with Crippen molar-refractivity contribution in [3.8, 4) is 0 Å². The largest absolute Gasteiger partial charge is 0.309 e. The molecule has 0 aromatic heterocycles. The van der Waals surface area contributed by atoms with Crippen molar-refractivity contribution in [2.24, 2.45) is 0 Å². The molecule has 1 unspecified atom stereocenters. The molecular formula is C16H17ClFN. The fourth-order valence-corrected chi connectivity index (χ4v) is 2.28. The molecule has 2 rings (SSSR count). The van der Waals surface area contributed by atoms with Gasteiger partial charge in [-0.05, 0) is 55.3 Å². The summed E-state index contributed by atoms with van der Waals surface area (Å²) in [6.45, 7) is 4.16. The van der Waals surface area contributed by atoms with Gasteiger partial charge in [0.15, 0.2) is 0 Å². The van der Waals surface area contributed by atoms with E-state index in [9.17, 15) is 4.39 Å². The molecule has 1 atom stereocenters. The van der Waals surface area contributed by atoms with E-state index in [-0.39, 0.29) is 16.9 Å². The molecule has 1 nitrogen and oxygen atoms in total. The Morgan fingerprint density at radius 3 is 2.21 bits per heavy atom. The van der Waals surface area contributed by atoms with Gasteiger partial charge in [-0.2, -0.15) is 0 Å². The molecule has 0 saturated heterocycles. The highest BCUT2D eigenvalue weighted by Gasteiger charge is 2.14. The molecule has 0 spiro atoms. The third-order valence-electron chi connectivity index (χ3n) is 3.43. The molecule has 1 N–H and O–H groups in total. The summed E-state index contributed by atoms with van der Waals surface area (Å²) < 4.78 is 13.6. The second-order valence-electron chi connectivity index (χ2n) is 4.74. The van der Waals surface area contributed by atoms with Gasteiger partial charge in [-0.1, -0.05) is 35.9 Å². The van der Waals surface area contributed by atoms with Gasteiger partial charge in [-0.3, -0.25) is 0 Å². The molecule has 3 heteroatoms. The summed E-state index contributed by atoms with van der Waals surface area (Å²) in [6.07, 6.45) is 0. The Morgan fingerprint density at radius 1 is 1.00 bits per heavy atom. The zero-order valence-corrected chi connectivity index (χ0v) is 12.1. The van der Waals surface area contributed by atoms with Crippen molar-refractivity contribution in [3.63, 3.8) is 0 Å². The summed E-state index contributed by atoms with van der Waals surface area (Å²) in [4.78, 5) is 0. The average Bonchev–Trinajstić information content (AvgIpc) is 2.39. The van der Waals surface area contributed by atoms with Crippen LogP contribution in [-0.4, -0.2) is 7.05 Å². The van der Waals surface area contributed by atoms with Crippen LogP contribution in [0.25, 0.3) is 0 Å². The van der Waals surface area contributed by atoms with Crippen LogP contribution in [0.15, 0.2) is 36.4 Å². The summed E-state index contributed by atoms with van der Waals surface area (Å²) in [7, 11) is 1.87. The van der Waals surface area contributed by atoms with Crippen LogP contribution >= 0.6 is 11.6 Å². The smallest absolute Gasteiger partial charge is 0.142 e. The maximum atomic E-state index is 13.6. The van der Waals surface area contributed by atoms with Gasteiger partial charge < -0.3 is 5.32 Å². The van der Waals surface area contributed by atoms with Gasteiger partial charge in [0.1, 0.15) is 5.82 Å². The van der Waals surface area contributed by atoms with E-state index in [2.05, 4.69) is 37.4 Å². The molecule has 0 heterocycles. The predicted molar refractivity (Wildman–Crippen MR) is 78.2 cm³/mol. The minimum Gasteiger partial charge on any atom is -0.309 e. The van der Waals surface area contributed by atoms with Crippen molar-refractivity contribution < 1.29 is 4.39 Å². The van der Waals surface area contributed by atoms with Gasteiger partial charge in [-0.15, -0.1) is 0 Å². The van der Waals surface area contributed by atoms with Crippen LogP contribution < -0.4 is 5.32 Å². The third-order valence-corrected chi connectivity index (χ3v) is 3.74. The molecule has 0 aliphatic carbocycles. The Kier molecular flexibility index (Phi) is 4.23. The minimum atomic E-state index is -0.386. The fraction of sp³-hybridized carbons (Fsp3) is 0.250. The summed E-state index contributed by atoms with van der Waals surface area (Å²) in [5.41, 5.74) is 4.47. The molecular weight excluding hydrogens is 261 g/mol. The van der Waals surface area contributed by atoms with Crippen molar-refractivity contribution in [1.82, 2.24) is 5.32 Å². The van der Waals surface area contributed by atoms with E-state index in [1.54, 1.807) is 6.07 Å². The van der Waals surface area contributed by atoms with E-state index >= 15 is 0 Å². The lowest BCUT2D eigenvalue weighted by Gasteiger charge is -2.18. The second kappa shape index (κ2) is 5.72. The van der Waals surface area contributed by atoms with Crippen LogP contribution in [0, 0.1) is 19.7 Å². The van der Waals surface area contributed by atoms with Gasteiger partial charge in [-0.25, -0.2) is 4.39 Å². The van der Waals surface area contributed by atoms with E-state index in [1.807, 2.05) is 13.1 Å². The Balaban J connectivity index is 2.43. The highest BCUT2D eigenvalue weighted by Crippen LogP contribution is 2.26. The number of halogens is 2. The van der Waals surface area contributed by atoms with Gasteiger partial charge >= 0.3 is 0 Å². The maximum Gasteiger partial charge on any atom is 0.142 e. The Bertz CT molecular complexity index is 544. The molecule has 100 valence electrons. The number of benzene rings is 2. The van der Waals surface area contributed by atoms with E-state index < -0.39 is 0 Å². The first kappa shape index (κ1) is 14.0. The molecule has 0 fully saturated rings. The van der Waals surface area contributed by atoms with Crippen LogP contribution in [-0.2, 0) is 0 Å². The maximum absolute atomic E-state index is 13.6. The summed E-state index contributed by atoms with van der Waals surface area (Å²) in [6, 6.07) is 11.2. The Hall–Kier alpha value is -1.38. The molecule has 0 aliphatic heterocycles. The first-order valence-electron chi connectivity index (χ1n) is 6.22. The third kappa shape index (κ3) is 2.96. The predicted octanol–water partition coefficient (Wildman–Crippen LogP) is 4.40. The molecule has 2 aromatic carbocycles. The lowest BCUT2D eigenvalue weighted by atomic mass is 9.96. The summed E-state index contributed by atoms with van der Waals surface area (Å²) in [5.74, 6) is -0.386. The molecule has 2 aromatic rings. The quantitative estimate of drug-likeness (QED) is 0.876.